The summed E-state index contributed by atoms with van der Waals surface area (Å²) in [5, 5.41) is 9.79. The van der Waals surface area contributed by atoms with Gasteiger partial charge in [-0.25, -0.2) is 0 Å². The van der Waals surface area contributed by atoms with Crippen molar-refractivity contribution in [1.82, 2.24) is 0 Å². The lowest BCUT2D eigenvalue weighted by Crippen LogP contribution is -2.52. The van der Waals surface area contributed by atoms with Gasteiger partial charge in [0.2, 0.25) is 0 Å². The molecule has 4 unspecified atom stereocenters. The van der Waals surface area contributed by atoms with E-state index in [1.54, 1.807) is 5.57 Å². The van der Waals surface area contributed by atoms with E-state index in [1.165, 1.54) is 24.8 Å². The van der Waals surface area contributed by atoms with E-state index in [0.29, 0.717) is 11.8 Å². The molecule has 0 radical (unpaired) electrons. The fourth-order valence-electron chi connectivity index (χ4n) is 5.46. The summed E-state index contributed by atoms with van der Waals surface area (Å²) in [5.74, 6) is 0.281. The molecule has 2 nitrogen and oxygen atoms in total. The Labute approximate surface area is 128 Å². The highest BCUT2D eigenvalue weighted by Gasteiger charge is 2.57. The van der Waals surface area contributed by atoms with Crippen LogP contribution < -0.4 is 0 Å². The fourth-order valence-corrected chi connectivity index (χ4v) is 5.46. The van der Waals surface area contributed by atoms with Crippen LogP contribution in [0.2, 0.25) is 0 Å². The maximum atomic E-state index is 11.9. The standard InChI is InChI=1S/C19H28O2/c1-4-13-6-8-15-14(12-13)7-9-16-18(15,2)10-5-11-19(16,3)17(20)21/h7,12,15-16H,4-6,8-11H2,1-3H3,(H,20,21). The molecule has 3 rings (SSSR count). The van der Waals surface area contributed by atoms with E-state index in [0.717, 1.165) is 25.7 Å². The Morgan fingerprint density at radius 3 is 2.81 bits per heavy atom. The van der Waals surface area contributed by atoms with Crippen molar-refractivity contribution in [2.24, 2.45) is 22.7 Å². The Bertz CT molecular complexity index is 516. The quantitative estimate of drug-likeness (QED) is 0.779. The average Bonchev–Trinajstić information content (AvgIpc) is 2.46. The molecule has 1 N–H and O–H groups in total. The molecule has 116 valence electrons. The van der Waals surface area contributed by atoms with E-state index in [-0.39, 0.29) is 5.41 Å². The van der Waals surface area contributed by atoms with E-state index < -0.39 is 11.4 Å². The van der Waals surface area contributed by atoms with Crippen molar-refractivity contribution in [3.05, 3.63) is 23.3 Å². The van der Waals surface area contributed by atoms with Crippen LogP contribution in [0.3, 0.4) is 0 Å². The number of hydrogen-bond donors (Lipinski definition) is 1. The van der Waals surface area contributed by atoms with Crippen molar-refractivity contribution in [3.8, 4) is 0 Å². The predicted octanol–water partition coefficient (Wildman–Crippen LogP) is 4.96. The molecule has 2 heteroatoms. The highest BCUT2D eigenvalue weighted by Crippen LogP contribution is 2.61. The smallest absolute Gasteiger partial charge is 0.309 e. The molecule has 3 aliphatic carbocycles. The van der Waals surface area contributed by atoms with Crippen LogP contribution in [-0.2, 0) is 4.79 Å². The molecule has 0 amide bonds. The lowest BCUT2D eigenvalue weighted by atomic mass is 9.47. The molecule has 0 bridgehead atoms. The van der Waals surface area contributed by atoms with Gasteiger partial charge in [-0.15, -0.1) is 0 Å². The van der Waals surface area contributed by atoms with Crippen LogP contribution in [0.15, 0.2) is 23.3 Å². The molecular weight excluding hydrogens is 260 g/mol. The number of aliphatic carboxylic acids is 1. The van der Waals surface area contributed by atoms with E-state index in [2.05, 4.69) is 26.0 Å². The first kappa shape index (κ1) is 14.9. The molecule has 1 saturated carbocycles. The lowest BCUT2D eigenvalue weighted by molar-refractivity contribution is -0.162. The van der Waals surface area contributed by atoms with Gasteiger partial charge < -0.3 is 5.11 Å². The third-order valence-corrected chi connectivity index (χ3v) is 6.83. The summed E-state index contributed by atoms with van der Waals surface area (Å²) in [5.41, 5.74) is 2.71. The summed E-state index contributed by atoms with van der Waals surface area (Å²) < 4.78 is 0. The third-order valence-electron chi connectivity index (χ3n) is 6.83. The van der Waals surface area contributed by atoms with Gasteiger partial charge in [0.05, 0.1) is 5.41 Å². The predicted molar refractivity (Wildman–Crippen MR) is 85.0 cm³/mol. The number of allylic oxidation sites excluding steroid dienone is 4. The molecule has 1 fully saturated rings. The van der Waals surface area contributed by atoms with Gasteiger partial charge in [-0.05, 0) is 68.3 Å². The zero-order chi connectivity index (χ0) is 15.3. The maximum Gasteiger partial charge on any atom is 0.309 e. The van der Waals surface area contributed by atoms with E-state index in [9.17, 15) is 9.90 Å². The zero-order valence-electron chi connectivity index (χ0n) is 13.6. The van der Waals surface area contributed by atoms with Gasteiger partial charge >= 0.3 is 5.97 Å². The van der Waals surface area contributed by atoms with Crippen LogP contribution in [0, 0.1) is 22.7 Å². The Balaban J connectivity index is 2.01. The minimum atomic E-state index is -0.587. The summed E-state index contributed by atoms with van der Waals surface area (Å²) in [6.07, 6.45) is 12.4. The normalized spacial score (nSPS) is 42.4. The topological polar surface area (TPSA) is 37.3 Å². The number of carbonyl (C=O) groups is 1. The van der Waals surface area contributed by atoms with E-state index in [1.807, 2.05) is 6.92 Å². The van der Waals surface area contributed by atoms with Gasteiger partial charge in [-0.3, -0.25) is 4.79 Å². The Hall–Kier alpha value is -1.05. The van der Waals surface area contributed by atoms with Gasteiger partial charge in [0.1, 0.15) is 0 Å². The lowest BCUT2D eigenvalue weighted by Gasteiger charge is -2.57. The van der Waals surface area contributed by atoms with E-state index in [4.69, 9.17) is 0 Å². The average molecular weight is 288 g/mol. The van der Waals surface area contributed by atoms with Crippen LogP contribution in [0.5, 0.6) is 0 Å². The molecule has 21 heavy (non-hydrogen) atoms. The molecule has 0 aromatic rings. The molecule has 0 aliphatic heterocycles. The van der Waals surface area contributed by atoms with Gasteiger partial charge in [-0.2, -0.15) is 0 Å². The van der Waals surface area contributed by atoms with Gasteiger partial charge in [0.15, 0.2) is 0 Å². The monoisotopic (exact) mass is 288 g/mol. The van der Waals surface area contributed by atoms with Crippen molar-refractivity contribution in [2.75, 3.05) is 0 Å². The van der Waals surface area contributed by atoms with Crippen LogP contribution >= 0.6 is 0 Å². The zero-order valence-corrected chi connectivity index (χ0v) is 13.6. The SMILES string of the molecule is CCC1=CC2=CCC3C(C)(C(=O)O)CCCC3(C)C2CC1. The van der Waals surface area contributed by atoms with Gasteiger partial charge in [0, 0.05) is 0 Å². The van der Waals surface area contributed by atoms with Crippen LogP contribution in [0.25, 0.3) is 0 Å². The van der Waals surface area contributed by atoms with Crippen LogP contribution in [0.1, 0.15) is 65.7 Å². The van der Waals surface area contributed by atoms with Gasteiger partial charge in [0.25, 0.3) is 0 Å². The number of carboxylic acid groups (broad SMARTS) is 1. The first-order chi connectivity index (χ1) is 9.91. The second-order valence-electron chi connectivity index (χ2n) is 7.82. The Kier molecular flexibility index (Phi) is 3.54. The first-order valence-corrected chi connectivity index (χ1v) is 8.54. The van der Waals surface area contributed by atoms with Crippen LogP contribution in [-0.4, -0.2) is 11.1 Å². The maximum absolute atomic E-state index is 11.9. The molecule has 0 aromatic carbocycles. The van der Waals surface area contributed by atoms with Crippen molar-refractivity contribution in [1.29, 1.82) is 0 Å². The number of hydrogen-bond acceptors (Lipinski definition) is 1. The minimum absolute atomic E-state index is 0.172. The molecule has 4 atom stereocenters. The number of rotatable bonds is 2. The number of carboxylic acids is 1. The highest BCUT2D eigenvalue weighted by molar-refractivity contribution is 5.75. The molecule has 0 heterocycles. The summed E-state index contributed by atoms with van der Waals surface area (Å²) in [6.45, 7) is 6.61. The minimum Gasteiger partial charge on any atom is -0.481 e. The summed E-state index contributed by atoms with van der Waals surface area (Å²) in [6, 6.07) is 0. The summed E-state index contributed by atoms with van der Waals surface area (Å²) in [7, 11) is 0. The Morgan fingerprint density at radius 2 is 2.14 bits per heavy atom. The Morgan fingerprint density at radius 1 is 1.38 bits per heavy atom. The molecular formula is C19H28O2. The third kappa shape index (κ3) is 2.10. The summed E-state index contributed by atoms with van der Waals surface area (Å²) >= 11 is 0. The molecule has 0 spiro atoms. The second kappa shape index (κ2) is 5.00. The number of fused-ring (bicyclic) bond motifs is 3. The second-order valence-corrected chi connectivity index (χ2v) is 7.82. The first-order valence-electron chi connectivity index (χ1n) is 8.54. The van der Waals surface area contributed by atoms with Gasteiger partial charge in [-0.1, -0.05) is 38.0 Å². The van der Waals surface area contributed by atoms with Crippen LogP contribution in [0.4, 0.5) is 0 Å². The fraction of sp³-hybridized carbons (Fsp3) is 0.737. The van der Waals surface area contributed by atoms with Crippen molar-refractivity contribution in [3.63, 3.8) is 0 Å². The van der Waals surface area contributed by atoms with Crippen molar-refractivity contribution < 1.29 is 9.90 Å². The van der Waals surface area contributed by atoms with E-state index >= 15 is 0 Å². The molecule has 0 saturated heterocycles. The highest BCUT2D eigenvalue weighted by atomic mass is 16.4. The van der Waals surface area contributed by atoms with Crippen molar-refractivity contribution in [2.45, 2.75) is 65.7 Å². The summed E-state index contributed by atoms with van der Waals surface area (Å²) in [4.78, 5) is 11.9. The molecule has 0 aromatic heterocycles. The van der Waals surface area contributed by atoms with Crippen molar-refractivity contribution >= 4 is 5.97 Å². The molecule has 3 aliphatic rings. The largest absolute Gasteiger partial charge is 0.481 e.